The number of hydrogen-bond donors (Lipinski definition) is 3. The third-order valence-corrected chi connectivity index (χ3v) is 4.63. The van der Waals surface area contributed by atoms with E-state index >= 15 is 0 Å². The van der Waals surface area contributed by atoms with Gasteiger partial charge < -0.3 is 15.4 Å². The Morgan fingerprint density at radius 1 is 1.28 bits per heavy atom. The minimum Gasteiger partial charge on any atom is -0.384 e. The van der Waals surface area contributed by atoms with E-state index in [0.717, 1.165) is 37.2 Å². The Morgan fingerprint density at radius 3 is 2.68 bits per heavy atom. The zero-order chi connectivity index (χ0) is 16.8. The molecule has 7 heteroatoms. The Labute approximate surface area is 154 Å². The zero-order valence-corrected chi connectivity index (χ0v) is 15.2. The lowest BCUT2D eigenvalue weighted by molar-refractivity contribution is 0.0510. The van der Waals surface area contributed by atoms with Gasteiger partial charge in [0.25, 0.3) is 5.91 Å². The number of methoxy groups -OCH3 is 1. The van der Waals surface area contributed by atoms with Crippen molar-refractivity contribution >= 4 is 18.3 Å². The van der Waals surface area contributed by atoms with Crippen molar-refractivity contribution in [3.63, 3.8) is 0 Å². The average Bonchev–Trinajstić information content (AvgIpc) is 3.12. The molecule has 0 spiro atoms. The van der Waals surface area contributed by atoms with E-state index in [-0.39, 0.29) is 23.7 Å². The summed E-state index contributed by atoms with van der Waals surface area (Å²) in [6, 6.07) is 11.6. The van der Waals surface area contributed by atoms with E-state index in [9.17, 15) is 4.79 Å². The van der Waals surface area contributed by atoms with Crippen molar-refractivity contribution < 1.29 is 9.53 Å². The number of nitrogens with zero attached hydrogens (tertiary/aromatic N) is 1. The van der Waals surface area contributed by atoms with Crippen molar-refractivity contribution in [3.05, 3.63) is 42.1 Å². The molecule has 1 fully saturated rings. The fourth-order valence-corrected chi connectivity index (χ4v) is 3.19. The molecule has 0 aliphatic carbocycles. The third kappa shape index (κ3) is 4.81. The van der Waals surface area contributed by atoms with Gasteiger partial charge in [0.05, 0.1) is 12.3 Å². The Balaban J connectivity index is 0.00000225. The Bertz CT molecular complexity index is 663. The second-order valence-electron chi connectivity index (χ2n) is 6.40. The predicted molar refractivity (Wildman–Crippen MR) is 100 cm³/mol. The number of benzene rings is 1. The smallest absolute Gasteiger partial charge is 0.269 e. The van der Waals surface area contributed by atoms with Gasteiger partial charge >= 0.3 is 0 Å². The summed E-state index contributed by atoms with van der Waals surface area (Å²) in [7, 11) is 1.71. The van der Waals surface area contributed by atoms with E-state index in [0.29, 0.717) is 18.8 Å². The standard InChI is InChI=1S/C18H24N4O2.ClH/c1-24-13-18(7-9-19-10-8-18)12-20-17(23)16-11-15(21-22-16)14-5-3-2-4-6-14;/h2-6,11,19H,7-10,12-13H2,1H3,(H,20,23)(H,21,22);1H. The van der Waals surface area contributed by atoms with Crippen LogP contribution in [0.25, 0.3) is 11.3 Å². The van der Waals surface area contributed by atoms with Crippen LogP contribution < -0.4 is 10.6 Å². The maximum atomic E-state index is 12.4. The summed E-state index contributed by atoms with van der Waals surface area (Å²) in [6.45, 7) is 3.19. The number of rotatable bonds is 6. The van der Waals surface area contributed by atoms with E-state index in [1.807, 2.05) is 30.3 Å². The number of aromatic nitrogens is 2. The first-order valence-electron chi connectivity index (χ1n) is 8.31. The van der Waals surface area contributed by atoms with Gasteiger partial charge in [-0.05, 0) is 32.0 Å². The molecule has 1 amide bonds. The number of piperidine rings is 1. The van der Waals surface area contributed by atoms with Crippen LogP contribution in [-0.4, -0.2) is 49.5 Å². The second kappa shape index (κ2) is 8.99. The van der Waals surface area contributed by atoms with Gasteiger partial charge in [-0.25, -0.2) is 0 Å². The number of ether oxygens (including phenoxy) is 1. The van der Waals surface area contributed by atoms with Crippen LogP contribution in [0.4, 0.5) is 0 Å². The van der Waals surface area contributed by atoms with Gasteiger partial charge in [-0.15, -0.1) is 12.4 Å². The summed E-state index contributed by atoms with van der Waals surface area (Å²) in [5.74, 6) is -0.126. The molecule has 1 aromatic carbocycles. The van der Waals surface area contributed by atoms with Crippen LogP contribution in [0.2, 0.25) is 0 Å². The van der Waals surface area contributed by atoms with Crippen molar-refractivity contribution in [2.24, 2.45) is 5.41 Å². The highest BCUT2D eigenvalue weighted by molar-refractivity contribution is 5.93. The minimum absolute atomic E-state index is 0. The first-order valence-corrected chi connectivity index (χ1v) is 8.31. The molecule has 1 aliphatic rings. The van der Waals surface area contributed by atoms with Crippen molar-refractivity contribution in [3.8, 4) is 11.3 Å². The van der Waals surface area contributed by atoms with Gasteiger partial charge in [0.1, 0.15) is 5.69 Å². The topological polar surface area (TPSA) is 79.0 Å². The van der Waals surface area contributed by atoms with Gasteiger partial charge in [0.2, 0.25) is 0 Å². The predicted octanol–water partition coefficient (Wildman–Crippen LogP) is 2.24. The number of halogens is 1. The van der Waals surface area contributed by atoms with Gasteiger partial charge in [-0.1, -0.05) is 30.3 Å². The van der Waals surface area contributed by atoms with E-state index < -0.39 is 0 Å². The normalized spacial score (nSPS) is 16.0. The second-order valence-corrected chi connectivity index (χ2v) is 6.40. The maximum Gasteiger partial charge on any atom is 0.269 e. The molecule has 6 nitrogen and oxygen atoms in total. The highest BCUT2D eigenvalue weighted by atomic mass is 35.5. The van der Waals surface area contributed by atoms with Crippen LogP contribution in [-0.2, 0) is 4.74 Å². The van der Waals surface area contributed by atoms with Crippen LogP contribution in [0.1, 0.15) is 23.3 Å². The average molecular weight is 365 g/mol. The van der Waals surface area contributed by atoms with Gasteiger partial charge in [-0.3, -0.25) is 9.89 Å². The first kappa shape index (κ1) is 19.4. The number of carbonyl (C=O) groups excluding carboxylic acids is 1. The molecule has 2 heterocycles. The Kier molecular flexibility index (Phi) is 6.99. The van der Waals surface area contributed by atoms with E-state index in [1.54, 1.807) is 13.2 Å². The summed E-state index contributed by atoms with van der Waals surface area (Å²) in [4.78, 5) is 12.4. The summed E-state index contributed by atoms with van der Waals surface area (Å²) < 4.78 is 5.39. The van der Waals surface area contributed by atoms with Crippen molar-refractivity contribution in [1.82, 2.24) is 20.8 Å². The van der Waals surface area contributed by atoms with Crippen molar-refractivity contribution in [1.29, 1.82) is 0 Å². The monoisotopic (exact) mass is 364 g/mol. The van der Waals surface area contributed by atoms with Crippen LogP contribution >= 0.6 is 12.4 Å². The molecule has 3 N–H and O–H groups in total. The zero-order valence-electron chi connectivity index (χ0n) is 14.4. The molecule has 136 valence electrons. The molecule has 1 aromatic heterocycles. The largest absolute Gasteiger partial charge is 0.384 e. The molecule has 0 radical (unpaired) electrons. The molecule has 1 aliphatic heterocycles. The molecular weight excluding hydrogens is 340 g/mol. The first-order chi connectivity index (χ1) is 11.7. The lowest BCUT2D eigenvalue weighted by Crippen LogP contribution is -2.47. The van der Waals surface area contributed by atoms with Crippen LogP contribution in [0.15, 0.2) is 36.4 Å². The van der Waals surface area contributed by atoms with Gasteiger partial charge in [-0.2, -0.15) is 5.10 Å². The number of H-pyrrole nitrogens is 1. The fourth-order valence-electron chi connectivity index (χ4n) is 3.19. The molecule has 1 saturated heterocycles. The number of carbonyl (C=O) groups is 1. The molecule has 0 bridgehead atoms. The van der Waals surface area contributed by atoms with Crippen LogP contribution in [0.3, 0.4) is 0 Å². The highest BCUT2D eigenvalue weighted by Gasteiger charge is 2.32. The van der Waals surface area contributed by atoms with E-state index in [1.165, 1.54) is 0 Å². The molecule has 2 aromatic rings. The summed E-state index contributed by atoms with van der Waals surface area (Å²) in [5.41, 5.74) is 2.25. The molecule has 25 heavy (non-hydrogen) atoms. The fraction of sp³-hybridized carbons (Fsp3) is 0.444. The third-order valence-electron chi connectivity index (χ3n) is 4.63. The molecular formula is C18H25ClN4O2. The SMILES string of the molecule is COCC1(CNC(=O)c2cc(-c3ccccc3)n[nH]2)CCNCC1.Cl. The quantitative estimate of drug-likeness (QED) is 0.734. The van der Waals surface area contributed by atoms with Gasteiger partial charge in [0.15, 0.2) is 0 Å². The van der Waals surface area contributed by atoms with E-state index in [2.05, 4.69) is 20.8 Å². The maximum absolute atomic E-state index is 12.4. The lowest BCUT2D eigenvalue weighted by atomic mass is 9.79. The van der Waals surface area contributed by atoms with Gasteiger partial charge in [0, 0.05) is 24.6 Å². The summed E-state index contributed by atoms with van der Waals surface area (Å²) in [6.07, 6.45) is 2.00. The van der Waals surface area contributed by atoms with Crippen LogP contribution in [0.5, 0.6) is 0 Å². The minimum atomic E-state index is -0.126. The Hall–Kier alpha value is -1.89. The van der Waals surface area contributed by atoms with Crippen molar-refractivity contribution in [2.75, 3.05) is 33.4 Å². The molecule has 0 saturated carbocycles. The lowest BCUT2D eigenvalue weighted by Gasteiger charge is -2.37. The number of nitrogens with one attached hydrogen (secondary N) is 3. The number of aromatic amines is 1. The number of amides is 1. The molecule has 0 unspecified atom stereocenters. The molecule has 3 rings (SSSR count). The highest BCUT2D eigenvalue weighted by Crippen LogP contribution is 2.28. The van der Waals surface area contributed by atoms with Crippen LogP contribution in [0, 0.1) is 5.41 Å². The Morgan fingerprint density at radius 2 is 2.00 bits per heavy atom. The number of hydrogen-bond acceptors (Lipinski definition) is 4. The summed E-state index contributed by atoms with van der Waals surface area (Å²) in [5, 5.41) is 13.5. The summed E-state index contributed by atoms with van der Waals surface area (Å²) >= 11 is 0. The molecule has 0 atom stereocenters. The van der Waals surface area contributed by atoms with Crippen molar-refractivity contribution in [2.45, 2.75) is 12.8 Å². The van der Waals surface area contributed by atoms with E-state index in [4.69, 9.17) is 4.74 Å².